The zero-order valence-corrected chi connectivity index (χ0v) is 20.6. The van der Waals surface area contributed by atoms with Crippen molar-refractivity contribution in [1.82, 2.24) is 4.31 Å². The van der Waals surface area contributed by atoms with Crippen LogP contribution in [0.1, 0.15) is 31.4 Å². The van der Waals surface area contributed by atoms with Gasteiger partial charge in [-0.2, -0.15) is 8.70 Å². The van der Waals surface area contributed by atoms with Crippen LogP contribution < -0.4 is 9.47 Å². The molecule has 0 aliphatic carbocycles. The Morgan fingerprint density at radius 1 is 0.968 bits per heavy atom. The number of hydrogen-bond acceptors (Lipinski definition) is 4. The summed E-state index contributed by atoms with van der Waals surface area (Å²) in [4.78, 5) is 0. The fourth-order valence-corrected chi connectivity index (χ4v) is 5.11. The average Bonchev–Trinajstić information content (AvgIpc) is 2.77. The molecule has 0 unspecified atom stereocenters. The van der Waals surface area contributed by atoms with E-state index >= 15 is 0 Å². The van der Waals surface area contributed by atoms with E-state index < -0.39 is 20.0 Å². The van der Waals surface area contributed by atoms with Gasteiger partial charge >= 0.3 is 0 Å². The van der Waals surface area contributed by atoms with Gasteiger partial charge in [0.1, 0.15) is 11.5 Å². The highest BCUT2D eigenvalue weighted by atomic mass is 79.9. The maximum Gasteiger partial charge on any atom is 0.217 e. The lowest BCUT2D eigenvalue weighted by atomic mass is 10.1. The molecule has 5 nitrogen and oxygen atoms in total. The summed E-state index contributed by atoms with van der Waals surface area (Å²) >= 11 is 2.76. The Morgan fingerprint density at radius 3 is 1.74 bits per heavy atom. The second-order valence-corrected chi connectivity index (χ2v) is 10.5. The van der Waals surface area contributed by atoms with Crippen LogP contribution in [-0.2, 0) is 23.1 Å². The van der Waals surface area contributed by atoms with Crippen molar-refractivity contribution >= 4 is 26.0 Å². The van der Waals surface area contributed by atoms with Crippen LogP contribution >= 0.6 is 15.9 Å². The van der Waals surface area contributed by atoms with Gasteiger partial charge in [0.25, 0.3) is 0 Å². The first-order valence-corrected chi connectivity index (χ1v) is 12.2. The number of benzene rings is 2. The Hall–Kier alpha value is -1.90. The Labute approximate surface area is 193 Å². The molecule has 2 aromatic rings. The third kappa shape index (κ3) is 7.33. The summed E-state index contributed by atoms with van der Waals surface area (Å²) in [5.74, 6) is 1.15. The molecular weight excluding hydrogens is 485 g/mol. The minimum Gasteiger partial charge on any atom is -0.497 e. The van der Waals surface area contributed by atoms with E-state index in [9.17, 15) is 12.8 Å². The van der Waals surface area contributed by atoms with Gasteiger partial charge in [-0.25, -0.2) is 8.42 Å². The Morgan fingerprint density at radius 2 is 1.39 bits per heavy atom. The average molecular weight is 514 g/mol. The molecule has 0 amide bonds. The molecule has 0 aliphatic rings. The molecule has 0 heterocycles. The first kappa shape index (κ1) is 25.4. The van der Waals surface area contributed by atoms with Crippen LogP contribution in [-0.4, -0.2) is 32.2 Å². The number of sulfonamides is 1. The first-order chi connectivity index (χ1) is 14.7. The second kappa shape index (κ2) is 11.6. The fraction of sp³-hybridized carbons (Fsp3) is 0.391. The van der Waals surface area contributed by atoms with Gasteiger partial charge in [0.2, 0.25) is 10.0 Å². The summed E-state index contributed by atoms with van der Waals surface area (Å²) in [6.45, 7) is 3.93. The van der Waals surface area contributed by atoms with Crippen LogP contribution in [0.25, 0.3) is 0 Å². The van der Waals surface area contributed by atoms with E-state index in [1.165, 1.54) is 10.4 Å². The lowest BCUT2D eigenvalue weighted by Gasteiger charge is -2.29. The molecule has 0 radical (unpaired) electrons. The van der Waals surface area contributed by atoms with Gasteiger partial charge < -0.3 is 9.47 Å². The first-order valence-electron chi connectivity index (χ1n) is 9.93. The monoisotopic (exact) mass is 513 g/mol. The maximum absolute atomic E-state index is 13.5. The maximum atomic E-state index is 13.5. The molecule has 0 fully saturated rings. The third-order valence-corrected chi connectivity index (χ3v) is 8.02. The summed E-state index contributed by atoms with van der Waals surface area (Å²) in [7, 11) is -0.500. The Bertz CT molecular complexity index is 909. The highest BCUT2D eigenvalue weighted by Crippen LogP contribution is 2.26. The van der Waals surface area contributed by atoms with Crippen LogP contribution in [0.3, 0.4) is 0 Å². The van der Waals surface area contributed by atoms with Crippen molar-refractivity contribution in [3.05, 3.63) is 70.5 Å². The molecule has 2 aromatic carbocycles. The van der Waals surface area contributed by atoms with Crippen LogP contribution in [0.2, 0.25) is 0 Å². The van der Waals surface area contributed by atoms with Gasteiger partial charge in [0, 0.05) is 13.1 Å². The molecular formula is C23H29BrFNO4S. The molecule has 0 aromatic heterocycles. The Kier molecular flexibility index (Phi) is 9.53. The quantitative estimate of drug-likeness (QED) is 0.389. The highest BCUT2D eigenvalue weighted by molar-refractivity contribution is 9.11. The van der Waals surface area contributed by atoms with Crippen molar-refractivity contribution < 1.29 is 22.3 Å². The van der Waals surface area contributed by atoms with E-state index in [1.54, 1.807) is 21.1 Å². The number of hydrogen-bond donors (Lipinski definition) is 0. The zero-order valence-electron chi connectivity index (χ0n) is 18.2. The third-order valence-electron chi connectivity index (χ3n) is 5.31. The predicted molar refractivity (Wildman–Crippen MR) is 126 cm³/mol. The lowest BCUT2D eigenvalue weighted by molar-refractivity contribution is 0.381. The van der Waals surface area contributed by atoms with Crippen molar-refractivity contribution in [1.29, 1.82) is 0 Å². The number of rotatable bonds is 11. The van der Waals surface area contributed by atoms with Gasteiger partial charge in [-0.15, -0.1) is 0 Å². The van der Waals surface area contributed by atoms with Crippen LogP contribution in [0.4, 0.5) is 4.39 Å². The highest BCUT2D eigenvalue weighted by Gasteiger charge is 2.32. The van der Waals surface area contributed by atoms with Crippen LogP contribution in [0.15, 0.2) is 59.3 Å². The summed E-state index contributed by atoms with van der Waals surface area (Å²) < 4.78 is 51.5. The fourth-order valence-electron chi connectivity index (χ4n) is 3.10. The van der Waals surface area contributed by atoms with E-state index in [4.69, 9.17) is 9.47 Å². The number of ether oxygens (including phenoxy) is 2. The largest absolute Gasteiger partial charge is 0.497 e. The van der Waals surface area contributed by atoms with E-state index in [0.29, 0.717) is 17.9 Å². The normalized spacial score (nSPS) is 14.4. The predicted octanol–water partition coefficient (Wildman–Crippen LogP) is 5.66. The number of nitrogens with zero attached hydrogens (tertiary/aromatic N) is 1. The minimum atomic E-state index is -3.67. The molecule has 2 atom stereocenters. The summed E-state index contributed by atoms with van der Waals surface area (Å²) in [6.07, 6.45) is 1.67. The standard InChI is InChI=1S/C23H29BrFNO4S/c1-17(5-14-23(24)25)18(2)31(27,28)26(15-19-6-10-21(29-3)11-7-19)16-20-8-12-22(30-4)13-9-20/h6-14,17-18H,5,15-16H2,1-4H3/t17-,18+/m0/s1. The van der Waals surface area contributed by atoms with Gasteiger partial charge in [0.05, 0.1) is 19.5 Å². The lowest BCUT2D eigenvalue weighted by Crippen LogP contribution is -2.39. The molecule has 2 rings (SSSR count). The number of methoxy groups -OCH3 is 2. The molecule has 0 N–H and O–H groups in total. The molecule has 0 bridgehead atoms. The summed E-state index contributed by atoms with van der Waals surface area (Å²) in [5.41, 5.74) is 1.70. The van der Waals surface area contributed by atoms with E-state index in [1.807, 2.05) is 55.5 Å². The van der Waals surface area contributed by atoms with Crippen LogP contribution in [0, 0.1) is 5.92 Å². The molecule has 0 saturated carbocycles. The second-order valence-electron chi connectivity index (χ2n) is 7.42. The van der Waals surface area contributed by atoms with E-state index in [-0.39, 0.29) is 19.0 Å². The molecule has 0 aliphatic heterocycles. The van der Waals surface area contributed by atoms with E-state index in [0.717, 1.165) is 11.1 Å². The van der Waals surface area contributed by atoms with Crippen molar-refractivity contribution in [3.63, 3.8) is 0 Å². The van der Waals surface area contributed by atoms with Crippen LogP contribution in [0.5, 0.6) is 11.5 Å². The van der Waals surface area contributed by atoms with Gasteiger partial charge in [-0.05, 0) is 76.7 Å². The molecule has 8 heteroatoms. The van der Waals surface area contributed by atoms with E-state index in [2.05, 4.69) is 15.9 Å². The molecule has 0 saturated heterocycles. The topological polar surface area (TPSA) is 55.8 Å². The minimum absolute atomic E-state index is 0.220. The zero-order chi connectivity index (χ0) is 23.0. The van der Waals surface area contributed by atoms with Crippen molar-refractivity contribution in [3.8, 4) is 11.5 Å². The molecule has 170 valence electrons. The molecule has 31 heavy (non-hydrogen) atoms. The smallest absolute Gasteiger partial charge is 0.217 e. The SMILES string of the molecule is COc1ccc(CN(Cc2ccc(OC)cc2)S(=O)(=O)[C@H](C)[C@@H](C)CC=C(F)Br)cc1. The molecule has 0 spiro atoms. The van der Waals surface area contributed by atoms with Crippen molar-refractivity contribution in [2.24, 2.45) is 5.92 Å². The van der Waals surface area contributed by atoms with Gasteiger partial charge in [0.15, 0.2) is 4.74 Å². The Balaban J connectivity index is 2.32. The summed E-state index contributed by atoms with van der Waals surface area (Å²) in [6, 6.07) is 14.6. The van der Waals surface area contributed by atoms with Gasteiger partial charge in [-0.3, -0.25) is 0 Å². The van der Waals surface area contributed by atoms with Gasteiger partial charge in [-0.1, -0.05) is 31.2 Å². The number of halogens is 2. The summed E-state index contributed by atoms with van der Waals surface area (Å²) in [5, 5.41) is -0.688. The number of allylic oxidation sites excluding steroid dienone is 1. The van der Waals surface area contributed by atoms with Crippen molar-refractivity contribution in [2.75, 3.05) is 14.2 Å². The van der Waals surface area contributed by atoms with Crippen molar-refractivity contribution in [2.45, 2.75) is 38.6 Å².